The molecule has 0 unspecified atom stereocenters. The second-order valence-corrected chi connectivity index (χ2v) is 4.19. The van der Waals surface area contributed by atoms with Gasteiger partial charge in [-0.3, -0.25) is 0 Å². The molecule has 2 rings (SSSR count). The summed E-state index contributed by atoms with van der Waals surface area (Å²) >= 11 is 0. The van der Waals surface area contributed by atoms with Crippen molar-refractivity contribution in [1.82, 2.24) is 4.57 Å². The lowest BCUT2D eigenvalue weighted by Crippen LogP contribution is -2.07. The lowest BCUT2D eigenvalue weighted by molar-refractivity contribution is 0.206. The van der Waals surface area contributed by atoms with Crippen molar-refractivity contribution in [3.63, 3.8) is 0 Å². The van der Waals surface area contributed by atoms with Gasteiger partial charge in [-0.05, 0) is 31.2 Å². The van der Waals surface area contributed by atoms with Gasteiger partial charge in [0, 0.05) is 18.8 Å². The molecule has 3 nitrogen and oxygen atoms in total. The highest BCUT2D eigenvalue weighted by Crippen LogP contribution is 2.30. The molecule has 17 heavy (non-hydrogen) atoms. The summed E-state index contributed by atoms with van der Waals surface area (Å²) in [4.78, 5) is 0. The Morgan fingerprint density at radius 2 is 2.06 bits per heavy atom. The Morgan fingerprint density at radius 1 is 1.29 bits per heavy atom. The summed E-state index contributed by atoms with van der Waals surface area (Å²) in [6.45, 7) is 2.00. The average molecular weight is 231 g/mol. The SMILES string of the molecule is COc1ccc(C)cc1[C@@H](O)c1cccn1C. The molecule has 0 aliphatic heterocycles. The van der Waals surface area contributed by atoms with Gasteiger partial charge in [-0.1, -0.05) is 11.6 Å². The Bertz CT molecular complexity index is 517. The number of nitrogens with zero attached hydrogens (tertiary/aromatic N) is 1. The zero-order chi connectivity index (χ0) is 12.4. The first-order valence-corrected chi connectivity index (χ1v) is 5.57. The van der Waals surface area contributed by atoms with Crippen LogP contribution in [0.25, 0.3) is 0 Å². The molecule has 1 N–H and O–H groups in total. The molecule has 0 saturated heterocycles. The zero-order valence-corrected chi connectivity index (χ0v) is 10.3. The van der Waals surface area contributed by atoms with E-state index >= 15 is 0 Å². The van der Waals surface area contributed by atoms with E-state index in [1.54, 1.807) is 7.11 Å². The maximum absolute atomic E-state index is 10.4. The predicted molar refractivity (Wildman–Crippen MR) is 67.2 cm³/mol. The minimum absolute atomic E-state index is 0.662. The number of aliphatic hydroxyl groups is 1. The Balaban J connectivity index is 2.46. The second-order valence-electron chi connectivity index (χ2n) is 4.19. The van der Waals surface area contributed by atoms with Gasteiger partial charge in [-0.25, -0.2) is 0 Å². The van der Waals surface area contributed by atoms with Gasteiger partial charge in [0.25, 0.3) is 0 Å². The molecule has 90 valence electrons. The van der Waals surface area contributed by atoms with E-state index in [0.29, 0.717) is 5.75 Å². The number of aromatic nitrogens is 1. The van der Waals surface area contributed by atoms with Gasteiger partial charge in [0.05, 0.1) is 12.8 Å². The first-order chi connectivity index (χ1) is 8.13. The molecule has 1 aromatic carbocycles. The maximum Gasteiger partial charge on any atom is 0.125 e. The topological polar surface area (TPSA) is 34.4 Å². The number of methoxy groups -OCH3 is 1. The highest BCUT2D eigenvalue weighted by molar-refractivity contribution is 5.41. The molecule has 2 aromatic rings. The number of aryl methyl sites for hydroxylation is 2. The van der Waals surface area contributed by atoms with E-state index in [1.165, 1.54) is 0 Å². The monoisotopic (exact) mass is 231 g/mol. The summed E-state index contributed by atoms with van der Waals surface area (Å²) in [5.41, 5.74) is 2.76. The van der Waals surface area contributed by atoms with Crippen LogP contribution >= 0.6 is 0 Å². The molecule has 1 aromatic heterocycles. The van der Waals surface area contributed by atoms with Gasteiger partial charge < -0.3 is 14.4 Å². The van der Waals surface area contributed by atoms with Crippen LogP contribution in [0, 0.1) is 6.92 Å². The lowest BCUT2D eigenvalue weighted by atomic mass is 10.0. The largest absolute Gasteiger partial charge is 0.496 e. The highest BCUT2D eigenvalue weighted by Gasteiger charge is 2.17. The van der Waals surface area contributed by atoms with Crippen LogP contribution in [0.1, 0.15) is 22.9 Å². The Labute approximate surface area is 101 Å². The van der Waals surface area contributed by atoms with E-state index in [0.717, 1.165) is 16.8 Å². The molecule has 1 heterocycles. The molecule has 3 heteroatoms. The second kappa shape index (κ2) is 4.63. The highest BCUT2D eigenvalue weighted by atomic mass is 16.5. The Hall–Kier alpha value is -1.74. The van der Waals surface area contributed by atoms with E-state index in [-0.39, 0.29) is 0 Å². The number of aliphatic hydroxyl groups excluding tert-OH is 1. The van der Waals surface area contributed by atoms with E-state index in [9.17, 15) is 5.11 Å². The lowest BCUT2D eigenvalue weighted by Gasteiger charge is -2.16. The quantitative estimate of drug-likeness (QED) is 0.880. The smallest absolute Gasteiger partial charge is 0.125 e. The summed E-state index contributed by atoms with van der Waals surface area (Å²) in [5, 5.41) is 10.4. The normalized spacial score (nSPS) is 12.5. The third kappa shape index (κ3) is 2.19. The Morgan fingerprint density at radius 3 is 2.65 bits per heavy atom. The van der Waals surface area contributed by atoms with Gasteiger partial charge in [-0.15, -0.1) is 0 Å². The first kappa shape index (κ1) is 11.7. The molecule has 0 amide bonds. The molecule has 0 saturated carbocycles. The minimum atomic E-state index is -0.662. The number of ether oxygens (including phenoxy) is 1. The van der Waals surface area contributed by atoms with Crippen LogP contribution in [0.5, 0.6) is 5.75 Å². The molecular formula is C14H17NO2. The molecule has 0 aliphatic carbocycles. The number of hydrogen-bond donors (Lipinski definition) is 1. The van der Waals surface area contributed by atoms with Gasteiger partial charge in [0.1, 0.15) is 11.9 Å². The molecule has 1 atom stereocenters. The predicted octanol–water partition coefficient (Wildman–Crippen LogP) is 2.42. The van der Waals surface area contributed by atoms with Gasteiger partial charge in [0.15, 0.2) is 0 Å². The van der Waals surface area contributed by atoms with E-state index in [4.69, 9.17) is 4.74 Å². The molecule has 0 fully saturated rings. The molecule has 0 radical (unpaired) electrons. The van der Waals surface area contributed by atoms with Crippen molar-refractivity contribution in [1.29, 1.82) is 0 Å². The summed E-state index contributed by atoms with van der Waals surface area (Å²) in [6.07, 6.45) is 1.26. The van der Waals surface area contributed by atoms with Crippen molar-refractivity contribution in [3.8, 4) is 5.75 Å². The number of benzene rings is 1. The minimum Gasteiger partial charge on any atom is -0.496 e. The van der Waals surface area contributed by atoms with Crippen molar-refractivity contribution >= 4 is 0 Å². The van der Waals surface area contributed by atoms with Gasteiger partial charge in [-0.2, -0.15) is 0 Å². The van der Waals surface area contributed by atoms with E-state index in [1.807, 2.05) is 55.1 Å². The fourth-order valence-electron chi connectivity index (χ4n) is 1.99. The summed E-state index contributed by atoms with van der Waals surface area (Å²) in [5.74, 6) is 0.712. The standard InChI is InChI=1S/C14H17NO2/c1-10-6-7-13(17-3)11(9-10)14(16)12-5-4-8-15(12)2/h4-9,14,16H,1-3H3/t14-/m1/s1. The van der Waals surface area contributed by atoms with Crippen LogP contribution in [0.4, 0.5) is 0 Å². The van der Waals surface area contributed by atoms with E-state index in [2.05, 4.69) is 0 Å². The third-order valence-electron chi connectivity index (χ3n) is 2.94. The fraction of sp³-hybridized carbons (Fsp3) is 0.286. The van der Waals surface area contributed by atoms with Crippen LogP contribution in [0.2, 0.25) is 0 Å². The molecule has 0 spiro atoms. The first-order valence-electron chi connectivity index (χ1n) is 5.57. The maximum atomic E-state index is 10.4. The van der Waals surface area contributed by atoms with Gasteiger partial charge >= 0.3 is 0 Å². The third-order valence-corrected chi connectivity index (χ3v) is 2.94. The number of rotatable bonds is 3. The molecule has 0 aliphatic rings. The Kier molecular flexibility index (Phi) is 3.20. The van der Waals surface area contributed by atoms with Crippen molar-refractivity contribution < 1.29 is 9.84 Å². The van der Waals surface area contributed by atoms with Crippen LogP contribution < -0.4 is 4.74 Å². The zero-order valence-electron chi connectivity index (χ0n) is 10.3. The summed E-state index contributed by atoms with van der Waals surface area (Å²) in [6, 6.07) is 9.64. The van der Waals surface area contributed by atoms with Crippen molar-refractivity contribution in [2.24, 2.45) is 7.05 Å². The van der Waals surface area contributed by atoms with Crippen LogP contribution in [-0.4, -0.2) is 16.8 Å². The number of hydrogen-bond acceptors (Lipinski definition) is 2. The van der Waals surface area contributed by atoms with E-state index < -0.39 is 6.10 Å². The van der Waals surface area contributed by atoms with Crippen LogP contribution in [0.3, 0.4) is 0 Å². The van der Waals surface area contributed by atoms with Crippen molar-refractivity contribution in [2.75, 3.05) is 7.11 Å². The van der Waals surface area contributed by atoms with Crippen LogP contribution in [-0.2, 0) is 7.05 Å². The molecular weight excluding hydrogens is 214 g/mol. The fourth-order valence-corrected chi connectivity index (χ4v) is 1.99. The summed E-state index contributed by atoms with van der Waals surface area (Å²) in [7, 11) is 3.53. The van der Waals surface area contributed by atoms with Crippen molar-refractivity contribution in [3.05, 3.63) is 53.3 Å². The van der Waals surface area contributed by atoms with Gasteiger partial charge in [0.2, 0.25) is 0 Å². The van der Waals surface area contributed by atoms with Crippen molar-refractivity contribution in [2.45, 2.75) is 13.0 Å². The average Bonchev–Trinajstić information content (AvgIpc) is 2.74. The summed E-state index contributed by atoms with van der Waals surface area (Å²) < 4.78 is 7.20. The molecule has 0 bridgehead atoms. The van der Waals surface area contributed by atoms with Crippen LogP contribution in [0.15, 0.2) is 36.5 Å².